The number of ether oxygens (including phenoxy) is 1. The van der Waals surface area contributed by atoms with Crippen molar-refractivity contribution < 1.29 is 9.13 Å². The number of fused-ring (bicyclic) bond motifs is 1. The molecule has 2 nitrogen and oxygen atoms in total. The fourth-order valence-electron chi connectivity index (χ4n) is 2.47. The van der Waals surface area contributed by atoms with Gasteiger partial charge in [0.2, 0.25) is 0 Å². The van der Waals surface area contributed by atoms with Gasteiger partial charge in [0.15, 0.2) is 0 Å². The van der Waals surface area contributed by atoms with Crippen molar-refractivity contribution in [3.8, 4) is 5.75 Å². The minimum Gasteiger partial charge on any atom is -0.485 e. The van der Waals surface area contributed by atoms with E-state index in [1.165, 1.54) is 6.07 Å². The van der Waals surface area contributed by atoms with Crippen LogP contribution in [-0.4, -0.2) is 0 Å². The van der Waals surface area contributed by atoms with Crippen LogP contribution in [0.3, 0.4) is 0 Å². The van der Waals surface area contributed by atoms with E-state index >= 15 is 0 Å². The molecule has 0 saturated carbocycles. The molecular formula is C15H12Cl2FNO. The van der Waals surface area contributed by atoms with Gasteiger partial charge in [0.05, 0.1) is 5.02 Å². The highest BCUT2D eigenvalue weighted by atomic mass is 35.5. The van der Waals surface area contributed by atoms with E-state index in [0.717, 1.165) is 5.56 Å². The molecule has 104 valence electrons. The first-order valence-electron chi connectivity index (χ1n) is 6.22. The van der Waals surface area contributed by atoms with Crippen LogP contribution < -0.4 is 10.5 Å². The molecule has 0 aromatic heterocycles. The van der Waals surface area contributed by atoms with Crippen molar-refractivity contribution in [3.05, 3.63) is 63.4 Å². The van der Waals surface area contributed by atoms with E-state index < -0.39 is 6.10 Å². The van der Waals surface area contributed by atoms with Crippen LogP contribution in [0.5, 0.6) is 5.75 Å². The molecule has 1 aliphatic heterocycles. The van der Waals surface area contributed by atoms with Crippen molar-refractivity contribution in [3.63, 3.8) is 0 Å². The molecule has 1 heterocycles. The summed E-state index contributed by atoms with van der Waals surface area (Å²) < 4.78 is 19.8. The highest BCUT2D eigenvalue weighted by Gasteiger charge is 2.30. The summed E-state index contributed by atoms with van der Waals surface area (Å²) in [6.45, 7) is 0. The Hall–Kier alpha value is -1.29. The standard InChI is InChI=1S/C15H12Cl2FNO/c16-8-4-5-13-9(6-8)12(19)7-14(20-13)15-10(17)2-1-3-11(15)18/h1-6,12,14H,7,19H2. The summed E-state index contributed by atoms with van der Waals surface area (Å²) in [5.74, 6) is 0.240. The zero-order valence-electron chi connectivity index (χ0n) is 10.4. The number of rotatable bonds is 1. The van der Waals surface area contributed by atoms with Crippen LogP contribution in [-0.2, 0) is 0 Å². The molecule has 2 atom stereocenters. The van der Waals surface area contributed by atoms with Gasteiger partial charge in [0.25, 0.3) is 0 Å². The number of benzene rings is 2. The predicted molar refractivity (Wildman–Crippen MR) is 77.8 cm³/mol. The summed E-state index contributed by atoms with van der Waals surface area (Å²) in [5.41, 5.74) is 7.33. The van der Waals surface area contributed by atoms with Gasteiger partial charge >= 0.3 is 0 Å². The Balaban J connectivity index is 2.01. The van der Waals surface area contributed by atoms with Gasteiger partial charge in [-0.2, -0.15) is 0 Å². The van der Waals surface area contributed by atoms with E-state index in [-0.39, 0.29) is 11.9 Å². The van der Waals surface area contributed by atoms with Gasteiger partial charge in [0.1, 0.15) is 17.7 Å². The lowest BCUT2D eigenvalue weighted by molar-refractivity contribution is 0.157. The molecule has 1 aliphatic rings. The van der Waals surface area contributed by atoms with E-state index in [4.69, 9.17) is 33.7 Å². The fourth-order valence-corrected chi connectivity index (χ4v) is 2.94. The summed E-state index contributed by atoms with van der Waals surface area (Å²) >= 11 is 12.0. The maximum atomic E-state index is 14.0. The SMILES string of the molecule is NC1CC(c2c(F)cccc2Cl)Oc2ccc(Cl)cc21. The Morgan fingerprint density at radius 1 is 1.20 bits per heavy atom. The monoisotopic (exact) mass is 311 g/mol. The van der Waals surface area contributed by atoms with Gasteiger partial charge in [-0.3, -0.25) is 0 Å². The third kappa shape index (κ3) is 2.37. The quantitative estimate of drug-likeness (QED) is 0.831. The summed E-state index contributed by atoms with van der Waals surface area (Å²) in [4.78, 5) is 0. The highest BCUT2D eigenvalue weighted by Crippen LogP contribution is 2.42. The second-order valence-corrected chi connectivity index (χ2v) is 5.61. The van der Waals surface area contributed by atoms with Crippen molar-refractivity contribution >= 4 is 23.2 Å². The molecule has 0 saturated heterocycles. The van der Waals surface area contributed by atoms with Crippen molar-refractivity contribution in [2.24, 2.45) is 5.73 Å². The van der Waals surface area contributed by atoms with Gasteiger partial charge < -0.3 is 10.5 Å². The molecule has 2 aromatic carbocycles. The van der Waals surface area contributed by atoms with E-state index in [0.29, 0.717) is 27.8 Å². The molecule has 2 N–H and O–H groups in total. The lowest BCUT2D eigenvalue weighted by atomic mass is 9.93. The molecule has 2 unspecified atom stereocenters. The topological polar surface area (TPSA) is 35.2 Å². The van der Waals surface area contributed by atoms with Crippen molar-refractivity contribution in [2.45, 2.75) is 18.6 Å². The van der Waals surface area contributed by atoms with Crippen molar-refractivity contribution in [1.82, 2.24) is 0 Å². The Morgan fingerprint density at radius 3 is 2.75 bits per heavy atom. The first-order chi connectivity index (χ1) is 9.56. The maximum Gasteiger partial charge on any atom is 0.131 e. The lowest BCUT2D eigenvalue weighted by Crippen LogP contribution is -2.25. The Morgan fingerprint density at radius 2 is 2.00 bits per heavy atom. The number of halogens is 3. The molecule has 3 rings (SSSR count). The van der Waals surface area contributed by atoms with Crippen LogP contribution in [0.2, 0.25) is 10.0 Å². The van der Waals surface area contributed by atoms with Gasteiger partial charge in [-0.05, 0) is 30.3 Å². The van der Waals surface area contributed by atoms with E-state index in [2.05, 4.69) is 0 Å². The smallest absolute Gasteiger partial charge is 0.131 e. The van der Waals surface area contributed by atoms with Crippen LogP contribution in [0.25, 0.3) is 0 Å². The van der Waals surface area contributed by atoms with E-state index in [1.807, 2.05) is 0 Å². The van der Waals surface area contributed by atoms with Crippen LogP contribution >= 0.6 is 23.2 Å². The first-order valence-corrected chi connectivity index (χ1v) is 6.97. The highest BCUT2D eigenvalue weighted by molar-refractivity contribution is 6.31. The van der Waals surface area contributed by atoms with Crippen LogP contribution in [0, 0.1) is 5.82 Å². The third-order valence-electron chi connectivity index (χ3n) is 3.43. The summed E-state index contributed by atoms with van der Waals surface area (Å²) in [6, 6.07) is 9.56. The van der Waals surface area contributed by atoms with Gasteiger partial charge in [0, 0.05) is 28.6 Å². The third-order valence-corrected chi connectivity index (χ3v) is 3.99. The predicted octanol–water partition coefficient (Wildman–Crippen LogP) is 4.66. The summed E-state index contributed by atoms with van der Waals surface area (Å²) in [6.07, 6.45) is -0.0408. The molecule has 0 aliphatic carbocycles. The molecule has 0 bridgehead atoms. The average Bonchev–Trinajstić information content (AvgIpc) is 2.39. The van der Waals surface area contributed by atoms with Crippen molar-refractivity contribution in [1.29, 1.82) is 0 Å². The fraction of sp³-hybridized carbons (Fsp3) is 0.200. The molecule has 0 amide bonds. The zero-order chi connectivity index (χ0) is 14.3. The van der Waals surface area contributed by atoms with Gasteiger partial charge in [-0.1, -0.05) is 29.3 Å². The maximum absolute atomic E-state index is 14.0. The molecular weight excluding hydrogens is 300 g/mol. The number of hydrogen-bond donors (Lipinski definition) is 1. The minimum absolute atomic E-state index is 0.266. The average molecular weight is 312 g/mol. The summed E-state index contributed by atoms with van der Waals surface area (Å²) in [5, 5.41) is 0.949. The van der Waals surface area contributed by atoms with Crippen molar-refractivity contribution in [2.75, 3.05) is 0 Å². The Labute approximate surface area is 126 Å². The molecule has 20 heavy (non-hydrogen) atoms. The second kappa shape index (κ2) is 5.24. The van der Waals surface area contributed by atoms with Gasteiger partial charge in [-0.15, -0.1) is 0 Å². The molecule has 5 heteroatoms. The zero-order valence-corrected chi connectivity index (χ0v) is 12.0. The summed E-state index contributed by atoms with van der Waals surface area (Å²) in [7, 11) is 0. The van der Waals surface area contributed by atoms with Crippen LogP contribution in [0.15, 0.2) is 36.4 Å². The Kier molecular flexibility index (Phi) is 3.59. The molecule has 0 radical (unpaired) electrons. The Bertz CT molecular complexity index is 642. The van der Waals surface area contributed by atoms with Crippen LogP contribution in [0.4, 0.5) is 4.39 Å². The first kappa shape index (κ1) is 13.7. The van der Waals surface area contributed by atoms with E-state index in [9.17, 15) is 4.39 Å². The second-order valence-electron chi connectivity index (χ2n) is 4.77. The lowest BCUT2D eigenvalue weighted by Gasteiger charge is -2.31. The number of nitrogens with two attached hydrogens (primary N) is 1. The molecule has 2 aromatic rings. The largest absolute Gasteiger partial charge is 0.485 e. The molecule has 0 fully saturated rings. The normalized spacial score (nSPS) is 21.2. The molecule has 0 spiro atoms. The number of hydrogen-bond acceptors (Lipinski definition) is 2. The minimum atomic E-state index is -0.493. The van der Waals surface area contributed by atoms with Gasteiger partial charge in [-0.25, -0.2) is 4.39 Å². The van der Waals surface area contributed by atoms with E-state index in [1.54, 1.807) is 30.3 Å². The van der Waals surface area contributed by atoms with Crippen LogP contribution in [0.1, 0.15) is 29.7 Å².